The van der Waals surface area contributed by atoms with E-state index in [4.69, 9.17) is 47.5 Å². The topological polar surface area (TPSA) is 324 Å². The Morgan fingerprint density at radius 3 is 2.13 bits per heavy atom. The molecule has 3 saturated heterocycles. The number of fused-ring (bicyclic) bond motifs is 4. The highest BCUT2D eigenvalue weighted by Crippen LogP contribution is 2.52. The first-order chi connectivity index (χ1) is 21.7. The fourth-order valence-electron chi connectivity index (χ4n) is 5.62. The molecule has 26 heteroatoms. The van der Waals surface area contributed by atoms with E-state index in [1.165, 1.54) is 21.8 Å². The lowest BCUT2D eigenvalue weighted by Gasteiger charge is -2.31. The van der Waals surface area contributed by atoms with E-state index in [0.29, 0.717) is 0 Å². The fourth-order valence-corrected chi connectivity index (χ4v) is 9.01. The van der Waals surface area contributed by atoms with Crippen molar-refractivity contribution in [1.82, 2.24) is 49.2 Å². The zero-order valence-electron chi connectivity index (χ0n) is 23.1. The van der Waals surface area contributed by atoms with Gasteiger partial charge in [-0.05, 0) is 11.8 Å². The van der Waals surface area contributed by atoms with Crippen LogP contribution in [0.4, 0.5) is 17.7 Å². The summed E-state index contributed by atoms with van der Waals surface area (Å²) in [6, 6.07) is -2.31. The molecule has 0 radical (unpaired) electrons. The van der Waals surface area contributed by atoms with Crippen molar-refractivity contribution in [2.45, 2.75) is 49.0 Å². The van der Waals surface area contributed by atoms with E-state index in [-0.39, 0.29) is 40.0 Å². The highest BCUT2D eigenvalue weighted by molar-refractivity contribution is 8.45. The van der Waals surface area contributed by atoms with Crippen molar-refractivity contribution in [3.8, 4) is 0 Å². The van der Waals surface area contributed by atoms with Crippen LogP contribution in [0, 0.1) is 0 Å². The van der Waals surface area contributed by atoms with Crippen molar-refractivity contribution in [3.05, 3.63) is 23.0 Å². The number of rotatable bonds is 2. The molecule has 10 atom stereocenters. The van der Waals surface area contributed by atoms with Crippen LogP contribution in [0.15, 0.2) is 17.4 Å². The van der Waals surface area contributed by atoms with E-state index in [0.717, 1.165) is 0 Å². The van der Waals surface area contributed by atoms with Crippen molar-refractivity contribution in [2.24, 2.45) is 0 Å². The summed E-state index contributed by atoms with van der Waals surface area (Å²) >= 11 is 9.55. The molecular formula is C20H27N13O9P2S2. The van der Waals surface area contributed by atoms with Gasteiger partial charge in [0.2, 0.25) is 11.9 Å². The molecule has 0 bridgehead atoms. The molecule has 0 aromatic carbocycles. The van der Waals surface area contributed by atoms with Crippen LogP contribution in [0.1, 0.15) is 12.5 Å². The second-order valence-electron chi connectivity index (χ2n) is 10.6. The van der Waals surface area contributed by atoms with Crippen molar-refractivity contribution in [1.29, 1.82) is 0 Å². The molecule has 46 heavy (non-hydrogen) atoms. The Balaban J connectivity index is 1.17. The first-order valence-electron chi connectivity index (χ1n) is 13.4. The smallest absolute Gasteiger partial charge is 0.324 e. The molecular weight excluding hydrogens is 692 g/mol. The average Bonchev–Trinajstić information content (AvgIpc) is 3.72. The van der Waals surface area contributed by atoms with E-state index in [1.807, 2.05) is 0 Å². The standard InChI is InChI=1S/C20H27N13O9P2S2/c21-13-9-14(27-19(22)26-13)32(3-24-9)17-11(34)7-5(41-17)1-39-44(38,46)31-8-6(2-40-43(37,45)30-7)42-18(12(8)35)33-4-25-10-15(33)28-20(23)29-16(10)36/h3-8,11-12,17-18,34-35H,1-2H2,(H2,30,37,45)(H2,31,38,46)(H4,21,22,26,27)(H3,23,28,29,36)/t5-,6-,7-,8-,11-,12-,17-,18-,43?,44?/m1/s1. The van der Waals surface area contributed by atoms with Gasteiger partial charge in [0.1, 0.15) is 29.9 Å². The molecule has 3 fully saturated rings. The van der Waals surface area contributed by atoms with Gasteiger partial charge in [0.25, 0.3) is 12.2 Å². The quantitative estimate of drug-likeness (QED) is 0.0752. The zero-order valence-corrected chi connectivity index (χ0v) is 26.6. The predicted octanol–water partition coefficient (Wildman–Crippen LogP) is -2.56. The molecule has 248 valence electrons. The molecule has 0 amide bonds. The molecule has 0 aliphatic carbocycles. The minimum Gasteiger partial charge on any atom is -0.387 e. The van der Waals surface area contributed by atoms with E-state index >= 15 is 0 Å². The van der Waals surface area contributed by atoms with Crippen LogP contribution in [0.25, 0.3) is 22.3 Å². The number of aromatic amines is 1. The number of nitrogens with zero attached hydrogens (tertiary/aromatic N) is 7. The first kappa shape index (κ1) is 31.8. The molecule has 4 aromatic heterocycles. The van der Waals surface area contributed by atoms with Gasteiger partial charge in [0.15, 0.2) is 35.1 Å². The van der Waals surface area contributed by atoms with Crippen molar-refractivity contribution < 1.29 is 38.2 Å². The Hall–Kier alpha value is -2.83. The van der Waals surface area contributed by atoms with Gasteiger partial charge < -0.3 is 50.8 Å². The van der Waals surface area contributed by atoms with Crippen LogP contribution in [-0.4, -0.2) is 104 Å². The van der Waals surface area contributed by atoms with Gasteiger partial charge in [0, 0.05) is 0 Å². The minimum atomic E-state index is -4.05. The summed E-state index contributed by atoms with van der Waals surface area (Å²) in [6.07, 6.45) is -4.98. The Bertz CT molecular complexity index is 2000. The van der Waals surface area contributed by atoms with Crippen LogP contribution in [0.3, 0.4) is 0 Å². The molecule has 22 nitrogen and oxygen atoms in total. The summed E-state index contributed by atoms with van der Waals surface area (Å²) in [5.41, 5.74) is 17.1. The van der Waals surface area contributed by atoms with Crippen LogP contribution < -0.4 is 32.9 Å². The maximum absolute atomic E-state index is 13.6. The van der Waals surface area contributed by atoms with Crippen LogP contribution in [0.2, 0.25) is 0 Å². The third-order valence-corrected chi connectivity index (χ3v) is 11.2. The number of H-pyrrole nitrogens is 1. The highest BCUT2D eigenvalue weighted by atomic mass is 32.7. The Labute approximate surface area is 266 Å². The molecule has 2 unspecified atom stereocenters. The number of hydrogen-bond donors (Lipinski definition) is 10. The SMILES string of the molecule is Nc1nc(N)c2ncn([C@@H]3O[C@@H]4COP(O)(=S)N[C@H]5[C@@H](O)[C@H](n6cnc7c(=O)[nH]c(N)nc76)O[C@@H]5COP(=O)(S)N[C@H]4[C@H]3O)c2n1. The lowest BCUT2D eigenvalue weighted by molar-refractivity contribution is -0.0467. The van der Waals surface area contributed by atoms with Crippen molar-refractivity contribution in [3.63, 3.8) is 0 Å². The van der Waals surface area contributed by atoms with Gasteiger partial charge in [-0.1, -0.05) is 12.2 Å². The molecule has 7 rings (SSSR count). The van der Waals surface area contributed by atoms with E-state index in [9.17, 15) is 24.5 Å². The maximum Gasteiger partial charge on any atom is 0.324 e. The average molecular weight is 720 g/mol. The summed E-state index contributed by atoms with van der Waals surface area (Å²) in [7, 11) is 0. The lowest BCUT2D eigenvalue weighted by Crippen LogP contribution is -2.47. The van der Waals surface area contributed by atoms with Gasteiger partial charge in [-0.25, -0.2) is 20.1 Å². The number of thiol groups is 1. The third kappa shape index (κ3) is 5.57. The number of ether oxygens (including phenoxy) is 2. The number of aliphatic hydroxyl groups is 2. The Morgan fingerprint density at radius 2 is 1.48 bits per heavy atom. The molecule has 3 aliphatic heterocycles. The van der Waals surface area contributed by atoms with E-state index < -0.39 is 81.1 Å². The minimum absolute atomic E-state index is 0.00876. The fraction of sp³-hybridized carbons (Fsp3) is 0.500. The van der Waals surface area contributed by atoms with Gasteiger partial charge in [-0.3, -0.25) is 23.5 Å². The monoisotopic (exact) mass is 719 g/mol. The number of imidazole rings is 2. The van der Waals surface area contributed by atoms with Gasteiger partial charge in [0.05, 0.1) is 38.0 Å². The van der Waals surface area contributed by atoms with E-state index in [1.54, 1.807) is 0 Å². The summed E-state index contributed by atoms with van der Waals surface area (Å²) in [5, 5.41) is 28.1. The molecule has 3 aliphatic rings. The van der Waals surface area contributed by atoms with Crippen LogP contribution in [0.5, 0.6) is 0 Å². The summed E-state index contributed by atoms with van der Waals surface area (Å²) in [6.45, 7) is -8.86. The number of aliphatic hydroxyl groups excluding tert-OH is 2. The summed E-state index contributed by atoms with van der Waals surface area (Å²) in [4.78, 5) is 46.1. The number of nitrogens with two attached hydrogens (primary N) is 3. The number of nitrogen functional groups attached to an aromatic ring is 3. The molecule has 7 heterocycles. The van der Waals surface area contributed by atoms with Crippen molar-refractivity contribution >= 4 is 77.5 Å². The Morgan fingerprint density at radius 1 is 0.913 bits per heavy atom. The molecule has 0 saturated carbocycles. The van der Waals surface area contributed by atoms with Gasteiger partial charge in [-0.15, -0.1) is 0 Å². The summed E-state index contributed by atoms with van der Waals surface area (Å²) < 4.78 is 39.7. The summed E-state index contributed by atoms with van der Waals surface area (Å²) in [5.74, 6) is -0.324. The third-order valence-electron chi connectivity index (χ3n) is 7.67. The molecule has 4 aromatic rings. The number of aromatic nitrogens is 8. The van der Waals surface area contributed by atoms with Gasteiger partial charge in [-0.2, -0.15) is 15.0 Å². The van der Waals surface area contributed by atoms with Gasteiger partial charge >= 0.3 is 6.72 Å². The molecule has 0 spiro atoms. The second kappa shape index (κ2) is 11.4. The lowest BCUT2D eigenvalue weighted by atomic mass is 10.1. The second-order valence-corrected chi connectivity index (χ2v) is 16.8. The van der Waals surface area contributed by atoms with Crippen LogP contribution in [-0.2, 0) is 34.9 Å². The van der Waals surface area contributed by atoms with Crippen molar-refractivity contribution in [2.75, 3.05) is 30.4 Å². The molecule has 12 N–H and O–H groups in total. The number of hydrogen-bond acceptors (Lipinski definition) is 17. The largest absolute Gasteiger partial charge is 0.387 e. The zero-order chi connectivity index (χ0) is 32.7. The normalized spacial score (nSPS) is 37.1. The van der Waals surface area contributed by atoms with Crippen LogP contribution >= 0.6 is 25.6 Å². The number of anilines is 3. The first-order valence-corrected chi connectivity index (χ1v) is 18.8. The maximum atomic E-state index is 13.6. The highest BCUT2D eigenvalue weighted by Gasteiger charge is 2.51. The Kier molecular flexibility index (Phi) is 7.87. The number of nitrogens with one attached hydrogen (secondary N) is 3. The predicted molar refractivity (Wildman–Crippen MR) is 165 cm³/mol. The van der Waals surface area contributed by atoms with E-state index in [2.05, 4.69) is 52.3 Å².